The number of aliphatic hydroxyl groups excluding tert-OH is 1. The number of benzene rings is 3. The van der Waals surface area contributed by atoms with Gasteiger partial charge in [0.05, 0.1) is 72.3 Å². The van der Waals surface area contributed by atoms with Gasteiger partial charge in [-0.25, -0.2) is 9.59 Å². The minimum absolute atomic E-state index is 0.0148. The molecule has 4 amide bonds. The Morgan fingerprint density at radius 3 is 1.44 bits per heavy atom. The molecule has 18 nitrogen and oxygen atoms in total. The lowest BCUT2D eigenvalue weighted by molar-refractivity contribution is -0.152. The van der Waals surface area contributed by atoms with Crippen molar-refractivity contribution in [2.75, 3.05) is 53.7 Å². The number of likely N-dealkylation sites (tertiary alicyclic amines) is 2. The zero-order valence-electron chi connectivity index (χ0n) is 42.2. The number of methoxy groups -OCH3 is 2. The second-order valence-corrected chi connectivity index (χ2v) is 19.4. The van der Waals surface area contributed by atoms with E-state index in [1.165, 1.54) is 42.2 Å². The summed E-state index contributed by atoms with van der Waals surface area (Å²) in [5.74, 6) is -2.09. The summed E-state index contributed by atoms with van der Waals surface area (Å²) in [6.07, 6.45) is 9.42. The number of aromatic hydroxyl groups is 2. The highest BCUT2D eigenvalue weighted by Gasteiger charge is 2.46. The number of amides is 4. The predicted octanol–water partition coefficient (Wildman–Crippen LogP) is 4.53. The fourth-order valence-corrected chi connectivity index (χ4v) is 10.5. The maximum atomic E-state index is 14.0. The molecule has 4 fully saturated rings. The molecule has 2 saturated carbocycles. The maximum Gasteiger partial charge on any atom is 0.328 e. The maximum absolute atomic E-state index is 14.0. The Kier molecular flexibility index (Phi) is 22.3. The van der Waals surface area contributed by atoms with E-state index in [4.69, 9.17) is 28.8 Å². The van der Waals surface area contributed by atoms with Gasteiger partial charge in [0.25, 0.3) is 0 Å². The number of phenolic OH excluding ortho intramolecular Hbond substituents is 2. The van der Waals surface area contributed by atoms with E-state index in [-0.39, 0.29) is 105 Å². The topological polar surface area (TPSA) is 240 Å². The van der Waals surface area contributed by atoms with Crippen LogP contribution in [-0.2, 0) is 71.9 Å². The van der Waals surface area contributed by atoms with Gasteiger partial charge in [0, 0.05) is 25.9 Å². The number of aliphatic hydroxyl groups is 1. The van der Waals surface area contributed by atoms with Crippen molar-refractivity contribution in [1.29, 1.82) is 0 Å². The van der Waals surface area contributed by atoms with Crippen molar-refractivity contribution in [3.05, 3.63) is 95.6 Å². The van der Waals surface area contributed by atoms with Crippen LogP contribution in [0.4, 0.5) is 0 Å². The molecular weight excluding hydrogens is 941 g/mol. The highest BCUT2D eigenvalue weighted by Crippen LogP contribution is 2.32. The second-order valence-electron chi connectivity index (χ2n) is 19.4. The van der Waals surface area contributed by atoms with Gasteiger partial charge in [0.1, 0.15) is 35.7 Å². The Morgan fingerprint density at radius 2 is 1.01 bits per heavy atom. The first-order valence-electron chi connectivity index (χ1n) is 25.7. The largest absolute Gasteiger partial charge is 0.508 e. The molecule has 5 N–H and O–H groups in total. The third-order valence-corrected chi connectivity index (χ3v) is 14.1. The third-order valence-electron chi connectivity index (χ3n) is 14.1. The van der Waals surface area contributed by atoms with Gasteiger partial charge in [-0.05, 0) is 78.5 Å². The molecular formula is C55H74N4O14. The molecule has 3 aromatic carbocycles. The fourth-order valence-electron chi connectivity index (χ4n) is 10.5. The molecule has 2 aliphatic carbocycles. The summed E-state index contributed by atoms with van der Waals surface area (Å²) in [5, 5.41) is 34.4. The van der Waals surface area contributed by atoms with Gasteiger partial charge in [-0.3, -0.25) is 19.2 Å². The Bertz CT molecular complexity index is 2250. The second kappa shape index (κ2) is 29.0. The molecule has 3 aromatic rings. The fraction of sp³-hybridized carbons (Fsp3) is 0.564. The van der Waals surface area contributed by atoms with Crippen LogP contribution >= 0.6 is 0 Å². The average Bonchev–Trinajstić information content (AvgIpc) is 4.04. The van der Waals surface area contributed by atoms with Crippen molar-refractivity contribution in [2.45, 2.75) is 133 Å². The molecule has 0 radical (unpaired) electrons. The SMILES string of the molecule is COC(=O)[C@@H]1C[C@@H](OCCO)CN1C(=O)[C@@H](NC(=O)Cc1cccc(O)c1)C1CCCCC1.COC(=O)[C@@H]1C[C@@H](OCCOCc2ccccc2)CN1C(=O)[C@@H](NC(=O)Cc1cccc(O)c1)C1CCCCC1. The number of rotatable bonds is 21. The molecule has 0 unspecified atom stereocenters. The van der Waals surface area contributed by atoms with E-state index in [0.717, 1.165) is 69.8 Å². The van der Waals surface area contributed by atoms with E-state index in [9.17, 15) is 39.0 Å². The molecule has 7 rings (SSSR count). The number of phenols is 2. The summed E-state index contributed by atoms with van der Waals surface area (Å²) < 4.78 is 27.2. The highest BCUT2D eigenvalue weighted by atomic mass is 16.5. The van der Waals surface area contributed by atoms with E-state index in [0.29, 0.717) is 37.4 Å². The Labute approximate surface area is 428 Å². The number of hydrogen-bond donors (Lipinski definition) is 5. The quantitative estimate of drug-likeness (QED) is 0.0729. The number of hydrogen-bond acceptors (Lipinski definition) is 14. The number of carbonyl (C=O) groups is 6. The number of esters is 2. The minimum Gasteiger partial charge on any atom is -0.508 e. The highest BCUT2D eigenvalue weighted by molar-refractivity contribution is 5.93. The van der Waals surface area contributed by atoms with Crippen LogP contribution in [0.15, 0.2) is 78.9 Å². The number of carbonyl (C=O) groups excluding carboxylic acids is 6. The van der Waals surface area contributed by atoms with Gasteiger partial charge in [-0.1, -0.05) is 93.1 Å². The van der Waals surface area contributed by atoms with Crippen LogP contribution in [0.25, 0.3) is 0 Å². The van der Waals surface area contributed by atoms with Crippen LogP contribution in [0.5, 0.6) is 11.5 Å². The number of nitrogens with zero attached hydrogens (tertiary/aromatic N) is 2. The zero-order chi connectivity index (χ0) is 52.1. The summed E-state index contributed by atoms with van der Waals surface area (Å²) in [4.78, 5) is 81.7. The van der Waals surface area contributed by atoms with Crippen LogP contribution in [-0.4, -0.2) is 151 Å². The standard InChI is InChI=1S/C31H40N2O7.C24H34N2O7/c1-38-31(37)27-19-26(40-16-15-39-21-22-9-4-2-5-10-22)20-33(27)30(36)29(24-12-6-3-7-13-24)32-28(35)18-23-11-8-14-25(34)17-23;1-32-24(31)20-14-19(33-11-10-27)15-26(20)23(30)22(17-7-3-2-4-8-17)25-21(29)13-16-6-5-9-18(28)12-16/h2,4-5,8-11,14,17,24,26-27,29,34H,3,6-7,12-13,15-16,18-21H2,1H3,(H,32,35);5-6,9,12,17,19-20,22,27-28H,2-4,7-8,10-11,13-15H2,1H3,(H,25,29)/t26-,27+,29+;19-,20+,22+/m11/s1. The lowest BCUT2D eigenvalue weighted by Gasteiger charge is -2.34. The van der Waals surface area contributed by atoms with Crippen LogP contribution in [0.1, 0.15) is 93.7 Å². The minimum atomic E-state index is -0.791. The summed E-state index contributed by atoms with van der Waals surface area (Å²) in [6, 6.07) is 19.8. The summed E-state index contributed by atoms with van der Waals surface area (Å²) in [6.45, 7) is 1.61. The summed E-state index contributed by atoms with van der Waals surface area (Å²) >= 11 is 0. The van der Waals surface area contributed by atoms with Crippen molar-refractivity contribution >= 4 is 35.6 Å². The molecule has 0 spiro atoms. The lowest BCUT2D eigenvalue weighted by atomic mass is 9.83. The third kappa shape index (κ3) is 17.0. The first kappa shape index (κ1) is 56.2. The zero-order valence-corrected chi connectivity index (χ0v) is 42.2. The molecule has 0 bridgehead atoms. The van der Waals surface area contributed by atoms with Gasteiger partial charge in [-0.15, -0.1) is 0 Å². The van der Waals surface area contributed by atoms with Crippen LogP contribution in [0, 0.1) is 11.8 Å². The molecule has 398 valence electrons. The molecule has 73 heavy (non-hydrogen) atoms. The number of nitrogens with one attached hydrogen (secondary N) is 2. The smallest absolute Gasteiger partial charge is 0.328 e. The van der Waals surface area contributed by atoms with Gasteiger partial charge in [0.2, 0.25) is 23.6 Å². The Balaban J connectivity index is 0.000000243. The van der Waals surface area contributed by atoms with Crippen LogP contribution < -0.4 is 10.6 Å². The average molecular weight is 1020 g/mol. The number of ether oxygens (including phenoxy) is 5. The molecule has 2 saturated heterocycles. The Morgan fingerprint density at radius 1 is 0.575 bits per heavy atom. The molecule has 2 heterocycles. The predicted molar refractivity (Wildman–Crippen MR) is 268 cm³/mol. The van der Waals surface area contributed by atoms with Crippen molar-refractivity contribution < 1.29 is 67.8 Å². The normalized spacial score (nSPS) is 21.0. The van der Waals surface area contributed by atoms with Crippen molar-refractivity contribution in [2.24, 2.45) is 11.8 Å². The molecule has 0 aromatic heterocycles. The van der Waals surface area contributed by atoms with Gasteiger partial charge in [-0.2, -0.15) is 0 Å². The molecule has 2 aliphatic heterocycles. The van der Waals surface area contributed by atoms with Gasteiger partial charge in [0.15, 0.2) is 0 Å². The van der Waals surface area contributed by atoms with Crippen LogP contribution in [0.3, 0.4) is 0 Å². The van der Waals surface area contributed by atoms with E-state index in [1.54, 1.807) is 30.3 Å². The molecule has 6 atom stereocenters. The summed E-state index contributed by atoms with van der Waals surface area (Å²) in [7, 11) is 2.59. The monoisotopic (exact) mass is 1010 g/mol. The van der Waals surface area contributed by atoms with E-state index in [1.807, 2.05) is 30.3 Å². The van der Waals surface area contributed by atoms with Crippen molar-refractivity contribution in [3.63, 3.8) is 0 Å². The molecule has 18 heteroatoms. The van der Waals surface area contributed by atoms with E-state index in [2.05, 4.69) is 10.6 Å². The van der Waals surface area contributed by atoms with Crippen LogP contribution in [0.2, 0.25) is 0 Å². The van der Waals surface area contributed by atoms with Gasteiger partial charge < -0.3 is 59.4 Å². The van der Waals surface area contributed by atoms with Crippen molar-refractivity contribution in [1.82, 2.24) is 20.4 Å². The summed E-state index contributed by atoms with van der Waals surface area (Å²) in [5.41, 5.74) is 2.38. The molecule has 4 aliphatic rings. The van der Waals surface area contributed by atoms with E-state index < -0.39 is 36.1 Å². The van der Waals surface area contributed by atoms with E-state index >= 15 is 0 Å². The first-order valence-corrected chi connectivity index (χ1v) is 25.7. The van der Waals surface area contributed by atoms with Gasteiger partial charge >= 0.3 is 11.9 Å². The Hall–Kier alpha value is -6.08. The first-order chi connectivity index (χ1) is 35.4. The van der Waals surface area contributed by atoms with Crippen molar-refractivity contribution in [3.8, 4) is 11.5 Å². The lowest BCUT2D eigenvalue weighted by Crippen LogP contribution is -2.55.